The summed E-state index contributed by atoms with van der Waals surface area (Å²) < 4.78 is 0. The lowest BCUT2D eigenvalue weighted by molar-refractivity contribution is 0.511. The van der Waals surface area contributed by atoms with Crippen LogP contribution in [0.4, 0.5) is 0 Å². The van der Waals surface area contributed by atoms with E-state index < -0.39 is 0 Å². The van der Waals surface area contributed by atoms with Crippen LogP contribution in [-0.2, 0) is 0 Å². The summed E-state index contributed by atoms with van der Waals surface area (Å²) in [5.41, 5.74) is 0.866. The molecule has 0 amide bonds. The molecule has 1 heteroatoms. The fraction of sp³-hybridized carbons (Fsp3) is 0.111. The second-order valence-electron chi connectivity index (χ2n) is 2.04. The lowest BCUT2D eigenvalue weighted by atomic mass is 10.2. The Kier molecular flexibility index (Phi) is 2.11. The number of aliphatic hydroxyl groups is 1. The molecule has 0 bridgehead atoms. The molecular weight excluding hydrogens is 124 g/mol. The number of benzene rings is 1. The molecule has 0 radical (unpaired) electrons. The van der Waals surface area contributed by atoms with Gasteiger partial charge in [0.05, 0.1) is 0 Å². The van der Waals surface area contributed by atoms with Gasteiger partial charge in [-0.15, -0.1) is 0 Å². The highest BCUT2D eigenvalue weighted by atomic mass is 16.3. The van der Waals surface area contributed by atoms with E-state index in [2.05, 4.69) is 0 Å². The summed E-state index contributed by atoms with van der Waals surface area (Å²) in [6, 6.07) is 9.46. The first-order valence-corrected chi connectivity index (χ1v) is 3.25. The van der Waals surface area contributed by atoms with Crippen LogP contribution in [0.5, 0.6) is 0 Å². The van der Waals surface area contributed by atoms with E-state index in [0.29, 0.717) is 5.76 Å². The maximum Gasteiger partial charge on any atom is 0.118 e. The van der Waals surface area contributed by atoms with Crippen LogP contribution >= 0.6 is 0 Å². The zero-order valence-corrected chi connectivity index (χ0v) is 5.91. The van der Waals surface area contributed by atoms with Crippen molar-refractivity contribution in [2.75, 3.05) is 0 Å². The van der Waals surface area contributed by atoms with Gasteiger partial charge < -0.3 is 5.11 Å². The van der Waals surface area contributed by atoms with Gasteiger partial charge in [0.2, 0.25) is 0 Å². The molecular formula is C9H10O. The highest BCUT2D eigenvalue weighted by molar-refractivity contribution is 5.57. The maximum absolute atomic E-state index is 9.19. The van der Waals surface area contributed by atoms with E-state index in [0.717, 1.165) is 5.56 Å². The predicted octanol–water partition coefficient (Wildman–Crippen LogP) is 2.61. The molecule has 1 aromatic carbocycles. The Labute approximate surface area is 60.6 Å². The first-order chi connectivity index (χ1) is 4.84. The van der Waals surface area contributed by atoms with Crippen LogP contribution in [0.2, 0.25) is 0 Å². The third-order valence-electron chi connectivity index (χ3n) is 1.34. The largest absolute Gasteiger partial charge is 0.508 e. The first-order valence-electron chi connectivity index (χ1n) is 3.25. The van der Waals surface area contributed by atoms with Gasteiger partial charge in [-0.2, -0.15) is 0 Å². The van der Waals surface area contributed by atoms with Gasteiger partial charge in [-0.1, -0.05) is 30.3 Å². The third kappa shape index (κ3) is 1.38. The van der Waals surface area contributed by atoms with Crippen LogP contribution < -0.4 is 0 Å². The normalized spacial score (nSPS) is 11.5. The number of hydrogen-bond acceptors (Lipinski definition) is 1. The molecule has 1 N–H and O–H groups in total. The summed E-state index contributed by atoms with van der Waals surface area (Å²) in [4.78, 5) is 0. The topological polar surface area (TPSA) is 20.2 Å². The zero-order chi connectivity index (χ0) is 7.40. The SMILES string of the molecule is C/C=C(\O)c1ccccc1. The van der Waals surface area contributed by atoms with Gasteiger partial charge in [0, 0.05) is 5.56 Å². The Morgan fingerprint density at radius 3 is 2.40 bits per heavy atom. The molecule has 1 nitrogen and oxygen atoms in total. The van der Waals surface area contributed by atoms with E-state index >= 15 is 0 Å². The Hall–Kier alpha value is -1.24. The highest BCUT2D eigenvalue weighted by Crippen LogP contribution is 2.08. The summed E-state index contributed by atoms with van der Waals surface area (Å²) >= 11 is 0. The van der Waals surface area contributed by atoms with Crippen LogP contribution in [-0.4, -0.2) is 5.11 Å². The van der Waals surface area contributed by atoms with Crippen molar-refractivity contribution < 1.29 is 5.11 Å². The molecule has 0 aliphatic rings. The first kappa shape index (κ1) is 6.87. The molecule has 0 fully saturated rings. The van der Waals surface area contributed by atoms with E-state index in [1.807, 2.05) is 37.3 Å². The molecule has 0 unspecified atom stereocenters. The van der Waals surface area contributed by atoms with E-state index in [-0.39, 0.29) is 0 Å². The molecule has 0 aromatic heterocycles. The third-order valence-corrected chi connectivity index (χ3v) is 1.34. The van der Waals surface area contributed by atoms with E-state index in [4.69, 9.17) is 0 Å². The molecule has 10 heavy (non-hydrogen) atoms. The molecule has 0 aliphatic carbocycles. The predicted molar refractivity (Wildman–Crippen MR) is 42.7 cm³/mol. The number of aliphatic hydroxyl groups excluding tert-OH is 1. The van der Waals surface area contributed by atoms with Crippen molar-refractivity contribution in [3.8, 4) is 0 Å². The van der Waals surface area contributed by atoms with Gasteiger partial charge in [-0.3, -0.25) is 0 Å². The van der Waals surface area contributed by atoms with Crippen LogP contribution in [0.15, 0.2) is 36.4 Å². The summed E-state index contributed by atoms with van der Waals surface area (Å²) in [7, 11) is 0. The van der Waals surface area contributed by atoms with Crippen LogP contribution in [0, 0.1) is 0 Å². The van der Waals surface area contributed by atoms with Crippen molar-refractivity contribution in [1.29, 1.82) is 0 Å². The Morgan fingerprint density at radius 2 is 1.90 bits per heavy atom. The minimum atomic E-state index is 0.334. The number of rotatable bonds is 1. The van der Waals surface area contributed by atoms with Crippen LogP contribution in [0.25, 0.3) is 5.76 Å². The monoisotopic (exact) mass is 134 g/mol. The maximum atomic E-state index is 9.19. The lowest BCUT2D eigenvalue weighted by Crippen LogP contribution is -1.78. The second-order valence-corrected chi connectivity index (χ2v) is 2.04. The molecule has 0 aliphatic heterocycles. The summed E-state index contributed by atoms with van der Waals surface area (Å²) in [6.07, 6.45) is 1.68. The van der Waals surface area contributed by atoms with Gasteiger partial charge >= 0.3 is 0 Å². The fourth-order valence-corrected chi connectivity index (χ4v) is 0.776. The molecule has 52 valence electrons. The van der Waals surface area contributed by atoms with E-state index in [1.165, 1.54) is 0 Å². The molecule has 1 rings (SSSR count). The van der Waals surface area contributed by atoms with Gasteiger partial charge in [0.15, 0.2) is 0 Å². The Bertz CT molecular complexity index is 224. The molecule has 1 aromatic rings. The number of allylic oxidation sites excluding steroid dienone is 1. The summed E-state index contributed by atoms with van der Waals surface area (Å²) in [5, 5.41) is 9.19. The van der Waals surface area contributed by atoms with E-state index in [1.54, 1.807) is 6.08 Å². The fourth-order valence-electron chi connectivity index (χ4n) is 0.776. The average molecular weight is 134 g/mol. The minimum Gasteiger partial charge on any atom is -0.508 e. The minimum absolute atomic E-state index is 0.334. The molecule has 0 heterocycles. The molecule has 0 atom stereocenters. The van der Waals surface area contributed by atoms with Crippen molar-refractivity contribution in [3.63, 3.8) is 0 Å². The number of hydrogen-bond donors (Lipinski definition) is 1. The molecule has 0 saturated carbocycles. The van der Waals surface area contributed by atoms with Crippen molar-refractivity contribution in [2.24, 2.45) is 0 Å². The highest BCUT2D eigenvalue weighted by Gasteiger charge is 1.91. The van der Waals surface area contributed by atoms with Crippen molar-refractivity contribution in [2.45, 2.75) is 6.92 Å². The average Bonchev–Trinajstić information content (AvgIpc) is 2.05. The summed E-state index contributed by atoms with van der Waals surface area (Å²) in [6.45, 7) is 1.81. The smallest absolute Gasteiger partial charge is 0.118 e. The molecule has 0 saturated heterocycles. The van der Waals surface area contributed by atoms with Gasteiger partial charge in [-0.25, -0.2) is 0 Å². The van der Waals surface area contributed by atoms with Crippen LogP contribution in [0.3, 0.4) is 0 Å². The van der Waals surface area contributed by atoms with Crippen LogP contribution in [0.1, 0.15) is 12.5 Å². The van der Waals surface area contributed by atoms with Crippen molar-refractivity contribution >= 4 is 5.76 Å². The zero-order valence-electron chi connectivity index (χ0n) is 5.91. The van der Waals surface area contributed by atoms with E-state index in [9.17, 15) is 5.11 Å². The Morgan fingerprint density at radius 1 is 1.30 bits per heavy atom. The Balaban J connectivity index is 2.96. The van der Waals surface area contributed by atoms with Crippen molar-refractivity contribution in [3.05, 3.63) is 42.0 Å². The molecule has 0 spiro atoms. The second kappa shape index (κ2) is 3.06. The van der Waals surface area contributed by atoms with Crippen molar-refractivity contribution in [1.82, 2.24) is 0 Å². The lowest BCUT2D eigenvalue weighted by Gasteiger charge is -1.95. The van der Waals surface area contributed by atoms with Gasteiger partial charge in [-0.05, 0) is 13.0 Å². The quantitative estimate of drug-likeness (QED) is 0.585. The van der Waals surface area contributed by atoms with Gasteiger partial charge in [0.1, 0.15) is 5.76 Å². The standard InChI is InChI=1S/C9H10O/c1-2-9(10)8-6-4-3-5-7-8/h2-7,10H,1H3/b9-2-. The summed E-state index contributed by atoms with van der Waals surface area (Å²) in [5.74, 6) is 0.334. The van der Waals surface area contributed by atoms with Gasteiger partial charge in [0.25, 0.3) is 0 Å².